The smallest absolute Gasteiger partial charge is 0.326 e. The Morgan fingerprint density at radius 1 is 0.486 bits per heavy atom. The lowest BCUT2D eigenvalue weighted by Crippen LogP contribution is -2.61. The second kappa shape index (κ2) is 30.6. The number of amides is 8. The van der Waals surface area contributed by atoms with Crippen molar-refractivity contribution < 1.29 is 48.3 Å². The minimum atomic E-state index is -1.28. The second-order valence-corrected chi connectivity index (χ2v) is 19.2. The third kappa shape index (κ3) is 22.3. The lowest BCUT2D eigenvalue weighted by atomic mass is 9.99. The lowest BCUT2D eigenvalue weighted by Gasteiger charge is -2.29. The fourth-order valence-corrected chi connectivity index (χ4v) is 7.27. The van der Waals surface area contributed by atoms with Crippen molar-refractivity contribution in [1.29, 1.82) is 0 Å². The normalized spacial score (nSPS) is 14.9. The zero-order valence-electron chi connectivity index (χ0n) is 43.0. The minimum Gasteiger partial charge on any atom is -0.480 e. The summed E-state index contributed by atoms with van der Waals surface area (Å²) in [6, 6.07) is 6.98. The van der Waals surface area contributed by atoms with Gasteiger partial charge in [-0.05, 0) is 75.3 Å². The number of aliphatic imine (C=N–C) groups is 1. The number of carboxylic acids is 1. The van der Waals surface area contributed by atoms with Crippen molar-refractivity contribution >= 4 is 59.2 Å². The molecule has 72 heavy (non-hydrogen) atoms. The van der Waals surface area contributed by atoms with Crippen LogP contribution in [0.1, 0.15) is 99.1 Å². The van der Waals surface area contributed by atoms with E-state index in [1.54, 1.807) is 74.5 Å². The van der Waals surface area contributed by atoms with Gasteiger partial charge in [0.2, 0.25) is 47.3 Å². The van der Waals surface area contributed by atoms with Crippen LogP contribution >= 0.6 is 0 Å². The van der Waals surface area contributed by atoms with Gasteiger partial charge < -0.3 is 64.8 Å². The molecule has 2 aromatic carbocycles. The highest BCUT2D eigenvalue weighted by molar-refractivity contribution is 5.98. The molecule has 0 fully saturated rings. The number of aliphatic carboxylic acids is 1. The maximum atomic E-state index is 14.3. The monoisotopic (exact) mass is 1010 g/mol. The highest BCUT2D eigenvalue weighted by atomic mass is 16.4. The van der Waals surface area contributed by atoms with Crippen molar-refractivity contribution in [3.05, 3.63) is 71.8 Å². The van der Waals surface area contributed by atoms with E-state index in [9.17, 15) is 48.3 Å². The van der Waals surface area contributed by atoms with Gasteiger partial charge >= 0.3 is 5.97 Å². The molecule has 22 heteroatoms. The molecule has 2 rings (SSSR count). The molecule has 15 N–H and O–H groups in total. The van der Waals surface area contributed by atoms with Gasteiger partial charge in [0.1, 0.15) is 48.3 Å². The molecule has 0 spiro atoms. The largest absolute Gasteiger partial charge is 0.480 e. The summed E-state index contributed by atoms with van der Waals surface area (Å²) in [5.41, 5.74) is 17.8. The maximum absolute atomic E-state index is 14.3. The van der Waals surface area contributed by atoms with Gasteiger partial charge in [-0.2, -0.15) is 0 Å². The third-order valence-electron chi connectivity index (χ3n) is 11.2. The zero-order valence-corrected chi connectivity index (χ0v) is 43.0. The SMILES string of the molecule is CC(C)C[C@H](NC(=O)[C@H](C)NC(=O)[C@H](CC(C)C)NC(=O)[C@H](Cc1ccccc1)NC(=O)[C@@H](NC(=O)[C@H](C)NC(=O)[C@H](CCCN=C(N)N)NC(=O)[C@H](C)N)C(C)C)C(=O)N[C@@H](Cc1ccccc1)C(=O)O. The summed E-state index contributed by atoms with van der Waals surface area (Å²) in [5, 5.41) is 31.0. The summed E-state index contributed by atoms with van der Waals surface area (Å²) < 4.78 is 0. The molecule has 0 unspecified atom stereocenters. The molecule has 22 nitrogen and oxygen atoms in total. The molecule has 8 amide bonds. The highest BCUT2D eigenvalue weighted by Crippen LogP contribution is 2.12. The van der Waals surface area contributed by atoms with Crippen LogP contribution in [-0.2, 0) is 56.0 Å². The Kier molecular flexibility index (Phi) is 25.9. The van der Waals surface area contributed by atoms with Crippen LogP contribution < -0.4 is 59.7 Å². The van der Waals surface area contributed by atoms with Gasteiger partial charge in [0.05, 0.1) is 6.04 Å². The van der Waals surface area contributed by atoms with Crippen molar-refractivity contribution in [2.24, 2.45) is 39.9 Å². The Morgan fingerprint density at radius 3 is 1.32 bits per heavy atom. The molecule has 0 bridgehead atoms. The van der Waals surface area contributed by atoms with Crippen LogP contribution in [-0.4, -0.2) is 125 Å². The Hall–Kier alpha value is -7.10. The van der Waals surface area contributed by atoms with E-state index >= 15 is 0 Å². The summed E-state index contributed by atoms with van der Waals surface area (Å²) in [4.78, 5) is 125. The second-order valence-electron chi connectivity index (χ2n) is 19.2. The lowest BCUT2D eigenvalue weighted by molar-refractivity contribution is -0.142. The molecular formula is C50H78N12O10. The summed E-state index contributed by atoms with van der Waals surface area (Å²) in [7, 11) is 0. The van der Waals surface area contributed by atoms with E-state index in [0.717, 1.165) is 0 Å². The van der Waals surface area contributed by atoms with E-state index < -0.39 is 114 Å². The molecule has 0 aliphatic rings. The Bertz CT molecular complexity index is 2150. The standard InChI is InChI=1S/C50H78N12O10/c1-27(2)23-36(45(67)56-31(8)42(64)58-37(24-28(3)4)46(68)61-39(49(71)72)26-34-19-14-11-15-20-34)59-47(69)38(25-33-17-12-10-13-18-33)60-48(70)40(29(5)6)62-43(65)32(9)55-44(66)35(57-41(63)30(7)51)21-16-22-54-50(52)53/h10-15,17-20,27-32,35-40H,16,21-26,51H2,1-9H3,(H,55,66)(H,56,67)(H,57,63)(H,58,64)(H,59,69)(H,60,70)(H,61,68)(H,62,65)(H,71,72)(H4,52,53,54)/t30-,31-,32-,35-,36-,37-,38-,39-,40-/m0/s1. The number of rotatable bonds is 30. The summed E-state index contributed by atoms with van der Waals surface area (Å²) in [5.74, 6) is -7.84. The van der Waals surface area contributed by atoms with Gasteiger partial charge in [0.25, 0.3) is 0 Å². The Morgan fingerprint density at radius 2 is 0.875 bits per heavy atom. The number of nitrogens with two attached hydrogens (primary N) is 3. The Labute approximate surface area is 422 Å². The molecule has 0 aliphatic carbocycles. The van der Waals surface area contributed by atoms with Crippen LogP contribution in [0.5, 0.6) is 0 Å². The summed E-state index contributed by atoms with van der Waals surface area (Å²) in [6.07, 6.45) is 0.679. The topological polar surface area (TPSA) is 361 Å². The van der Waals surface area contributed by atoms with Gasteiger partial charge in [-0.25, -0.2) is 4.79 Å². The number of carbonyl (C=O) groups is 9. The molecule has 9 atom stereocenters. The fourth-order valence-electron chi connectivity index (χ4n) is 7.27. The molecule has 398 valence electrons. The van der Waals surface area contributed by atoms with E-state index in [-0.39, 0.29) is 56.4 Å². The van der Waals surface area contributed by atoms with Gasteiger partial charge in [-0.15, -0.1) is 0 Å². The molecule has 0 aliphatic heterocycles. The van der Waals surface area contributed by atoms with Crippen LogP contribution in [0.15, 0.2) is 65.7 Å². The van der Waals surface area contributed by atoms with Gasteiger partial charge in [0, 0.05) is 19.4 Å². The summed E-state index contributed by atoms with van der Waals surface area (Å²) in [6.45, 7) is 15.1. The maximum Gasteiger partial charge on any atom is 0.326 e. The Balaban J connectivity index is 2.27. The van der Waals surface area contributed by atoms with Crippen LogP contribution in [0.2, 0.25) is 0 Å². The van der Waals surface area contributed by atoms with Crippen molar-refractivity contribution in [2.45, 2.75) is 155 Å². The molecule has 2 aromatic rings. The van der Waals surface area contributed by atoms with Crippen LogP contribution in [0.4, 0.5) is 0 Å². The van der Waals surface area contributed by atoms with Gasteiger partial charge in [0.15, 0.2) is 5.96 Å². The number of nitrogens with zero attached hydrogens (tertiary/aromatic N) is 1. The highest BCUT2D eigenvalue weighted by Gasteiger charge is 2.35. The van der Waals surface area contributed by atoms with Gasteiger partial charge in [-0.3, -0.25) is 43.3 Å². The van der Waals surface area contributed by atoms with Crippen molar-refractivity contribution in [3.63, 3.8) is 0 Å². The quantitative estimate of drug-likeness (QED) is 0.0270. The first-order valence-corrected chi connectivity index (χ1v) is 24.3. The number of hydrogen-bond acceptors (Lipinski definition) is 11. The fraction of sp³-hybridized carbons (Fsp3) is 0.560. The van der Waals surface area contributed by atoms with E-state index in [0.29, 0.717) is 17.5 Å². The first-order valence-electron chi connectivity index (χ1n) is 24.3. The van der Waals surface area contributed by atoms with E-state index in [2.05, 4.69) is 47.5 Å². The average Bonchev–Trinajstić information content (AvgIpc) is 3.30. The van der Waals surface area contributed by atoms with Crippen molar-refractivity contribution in [2.75, 3.05) is 6.54 Å². The van der Waals surface area contributed by atoms with Crippen molar-refractivity contribution in [3.8, 4) is 0 Å². The predicted molar refractivity (Wildman–Crippen MR) is 272 cm³/mol. The number of guanidine groups is 1. The molecular weight excluding hydrogens is 929 g/mol. The average molecular weight is 1010 g/mol. The molecule has 0 saturated heterocycles. The number of benzene rings is 2. The van der Waals surface area contributed by atoms with Crippen LogP contribution in [0.3, 0.4) is 0 Å². The van der Waals surface area contributed by atoms with Gasteiger partial charge in [-0.1, -0.05) is 102 Å². The van der Waals surface area contributed by atoms with E-state index in [1.165, 1.54) is 20.8 Å². The molecule has 0 radical (unpaired) electrons. The number of carbonyl (C=O) groups excluding carboxylic acids is 8. The zero-order chi connectivity index (χ0) is 54.2. The van der Waals surface area contributed by atoms with E-state index in [1.807, 2.05) is 27.7 Å². The molecule has 0 heterocycles. The predicted octanol–water partition coefficient (Wildman–Crippen LogP) is -0.376. The van der Waals surface area contributed by atoms with E-state index in [4.69, 9.17) is 17.2 Å². The molecule has 0 saturated carbocycles. The first kappa shape index (κ1) is 61.0. The molecule has 0 aromatic heterocycles. The number of hydrogen-bond donors (Lipinski definition) is 12. The number of carboxylic acid groups (broad SMARTS) is 1. The van der Waals surface area contributed by atoms with Crippen molar-refractivity contribution in [1.82, 2.24) is 42.5 Å². The van der Waals surface area contributed by atoms with Crippen LogP contribution in [0.25, 0.3) is 0 Å². The first-order chi connectivity index (χ1) is 33.8. The third-order valence-corrected chi connectivity index (χ3v) is 11.2. The summed E-state index contributed by atoms with van der Waals surface area (Å²) >= 11 is 0. The number of nitrogens with one attached hydrogen (secondary N) is 8. The minimum absolute atomic E-state index is 0.0104. The van der Waals surface area contributed by atoms with Crippen LogP contribution in [0, 0.1) is 17.8 Å².